The van der Waals surface area contributed by atoms with E-state index in [1.807, 2.05) is 13.8 Å². The lowest BCUT2D eigenvalue weighted by atomic mass is 10.0. The number of anilines is 1. The Kier molecular flexibility index (Phi) is 3.78. The lowest BCUT2D eigenvalue weighted by molar-refractivity contribution is -0.385. The number of pyridine rings is 1. The molecule has 0 aliphatic carbocycles. The van der Waals surface area contributed by atoms with Crippen LogP contribution >= 0.6 is 0 Å². The SMILES string of the molecule is CC(C)(CCO)Nc1ccc([N+](=O)[O-])cn1. The van der Waals surface area contributed by atoms with Gasteiger partial charge in [0.1, 0.15) is 12.0 Å². The summed E-state index contributed by atoms with van der Waals surface area (Å²) >= 11 is 0. The normalized spacial score (nSPS) is 11.2. The van der Waals surface area contributed by atoms with Gasteiger partial charge in [0.2, 0.25) is 0 Å². The maximum absolute atomic E-state index is 10.4. The third kappa shape index (κ3) is 3.47. The zero-order valence-electron chi connectivity index (χ0n) is 9.30. The van der Waals surface area contributed by atoms with Crippen LogP contribution in [0.5, 0.6) is 0 Å². The molecule has 0 aliphatic rings. The Morgan fingerprint density at radius 3 is 2.69 bits per heavy atom. The predicted octanol–water partition coefficient (Wildman–Crippen LogP) is 1.56. The number of aromatic nitrogens is 1. The van der Waals surface area contributed by atoms with E-state index in [2.05, 4.69) is 10.3 Å². The molecule has 0 saturated carbocycles. The summed E-state index contributed by atoms with van der Waals surface area (Å²) in [5, 5.41) is 22.4. The minimum Gasteiger partial charge on any atom is -0.396 e. The molecule has 0 unspecified atom stereocenters. The van der Waals surface area contributed by atoms with Crippen LogP contribution in [0.15, 0.2) is 18.3 Å². The lowest BCUT2D eigenvalue weighted by Gasteiger charge is -2.25. The zero-order chi connectivity index (χ0) is 12.2. The van der Waals surface area contributed by atoms with Gasteiger partial charge in [0, 0.05) is 18.2 Å². The average Bonchev–Trinajstić information content (AvgIpc) is 2.17. The summed E-state index contributed by atoms with van der Waals surface area (Å²) in [7, 11) is 0. The number of aliphatic hydroxyl groups excluding tert-OH is 1. The topological polar surface area (TPSA) is 88.3 Å². The number of hydrogen-bond acceptors (Lipinski definition) is 5. The standard InChI is InChI=1S/C10H15N3O3/c1-10(2,5-6-14)12-9-4-3-8(7-11-9)13(15)16/h3-4,7,14H,5-6H2,1-2H3,(H,11,12). The van der Waals surface area contributed by atoms with Gasteiger partial charge in [-0.25, -0.2) is 4.98 Å². The summed E-state index contributed by atoms with van der Waals surface area (Å²) in [5.74, 6) is 0.559. The van der Waals surface area contributed by atoms with Crippen molar-refractivity contribution in [1.29, 1.82) is 0 Å². The first-order valence-electron chi connectivity index (χ1n) is 4.94. The summed E-state index contributed by atoms with van der Waals surface area (Å²) in [5.41, 5.74) is -0.330. The van der Waals surface area contributed by atoms with Crippen molar-refractivity contribution in [2.75, 3.05) is 11.9 Å². The first-order valence-corrected chi connectivity index (χ1v) is 4.94. The van der Waals surface area contributed by atoms with Crippen LogP contribution < -0.4 is 5.32 Å². The van der Waals surface area contributed by atoms with E-state index >= 15 is 0 Å². The highest BCUT2D eigenvalue weighted by atomic mass is 16.6. The number of aliphatic hydroxyl groups is 1. The second kappa shape index (κ2) is 4.89. The van der Waals surface area contributed by atoms with Gasteiger partial charge in [-0.3, -0.25) is 10.1 Å². The second-order valence-electron chi connectivity index (χ2n) is 4.14. The van der Waals surface area contributed by atoms with E-state index in [0.29, 0.717) is 12.2 Å². The van der Waals surface area contributed by atoms with Crippen molar-refractivity contribution in [1.82, 2.24) is 4.98 Å². The van der Waals surface area contributed by atoms with Crippen LogP contribution in [0.2, 0.25) is 0 Å². The van der Waals surface area contributed by atoms with Crippen LogP contribution in [-0.4, -0.2) is 27.2 Å². The molecular weight excluding hydrogens is 210 g/mol. The Labute approximate surface area is 93.5 Å². The van der Waals surface area contributed by atoms with E-state index in [9.17, 15) is 10.1 Å². The van der Waals surface area contributed by atoms with Gasteiger partial charge in [0.25, 0.3) is 5.69 Å². The first-order chi connectivity index (χ1) is 7.44. The molecular formula is C10H15N3O3. The molecule has 0 spiro atoms. The van der Waals surface area contributed by atoms with E-state index in [0.717, 1.165) is 0 Å². The van der Waals surface area contributed by atoms with E-state index < -0.39 is 4.92 Å². The molecule has 88 valence electrons. The van der Waals surface area contributed by atoms with E-state index in [1.54, 1.807) is 6.07 Å². The van der Waals surface area contributed by atoms with E-state index in [-0.39, 0.29) is 17.8 Å². The zero-order valence-corrected chi connectivity index (χ0v) is 9.30. The van der Waals surface area contributed by atoms with Gasteiger partial charge in [0.05, 0.1) is 4.92 Å². The highest BCUT2D eigenvalue weighted by Gasteiger charge is 2.17. The van der Waals surface area contributed by atoms with Crippen LogP contribution in [0.4, 0.5) is 11.5 Å². The van der Waals surface area contributed by atoms with Gasteiger partial charge in [-0.2, -0.15) is 0 Å². The maximum Gasteiger partial charge on any atom is 0.287 e. The predicted molar refractivity (Wildman–Crippen MR) is 60.3 cm³/mol. The molecule has 0 aromatic carbocycles. The summed E-state index contributed by atoms with van der Waals surface area (Å²) < 4.78 is 0. The Morgan fingerprint density at radius 1 is 1.56 bits per heavy atom. The molecule has 16 heavy (non-hydrogen) atoms. The number of nitro groups is 1. The highest BCUT2D eigenvalue weighted by Crippen LogP contribution is 2.18. The lowest BCUT2D eigenvalue weighted by Crippen LogP contribution is -2.32. The van der Waals surface area contributed by atoms with Crippen molar-refractivity contribution in [3.05, 3.63) is 28.4 Å². The van der Waals surface area contributed by atoms with Crippen molar-refractivity contribution in [3.8, 4) is 0 Å². The number of rotatable bonds is 5. The fraction of sp³-hybridized carbons (Fsp3) is 0.500. The van der Waals surface area contributed by atoms with Crippen LogP contribution in [0.1, 0.15) is 20.3 Å². The average molecular weight is 225 g/mol. The molecule has 1 aromatic heterocycles. The minimum atomic E-state index is -0.490. The summed E-state index contributed by atoms with van der Waals surface area (Å²) in [6, 6.07) is 2.95. The van der Waals surface area contributed by atoms with Crippen molar-refractivity contribution >= 4 is 11.5 Å². The third-order valence-electron chi connectivity index (χ3n) is 2.16. The summed E-state index contributed by atoms with van der Waals surface area (Å²) in [4.78, 5) is 13.9. The number of nitrogens with one attached hydrogen (secondary N) is 1. The van der Waals surface area contributed by atoms with Gasteiger partial charge >= 0.3 is 0 Å². The van der Waals surface area contributed by atoms with Crippen molar-refractivity contribution in [3.63, 3.8) is 0 Å². The molecule has 0 radical (unpaired) electrons. The highest BCUT2D eigenvalue weighted by molar-refractivity contribution is 5.41. The molecule has 1 rings (SSSR count). The largest absolute Gasteiger partial charge is 0.396 e. The quantitative estimate of drug-likeness (QED) is 0.586. The molecule has 0 saturated heterocycles. The smallest absolute Gasteiger partial charge is 0.287 e. The second-order valence-corrected chi connectivity index (χ2v) is 4.14. The fourth-order valence-electron chi connectivity index (χ4n) is 1.26. The molecule has 6 heteroatoms. The van der Waals surface area contributed by atoms with Crippen LogP contribution in [-0.2, 0) is 0 Å². The summed E-state index contributed by atoms with van der Waals surface area (Å²) in [6.45, 7) is 3.92. The maximum atomic E-state index is 10.4. The molecule has 1 aromatic rings. The Balaban J connectivity index is 2.72. The molecule has 0 aliphatic heterocycles. The van der Waals surface area contributed by atoms with Crippen molar-refractivity contribution in [2.24, 2.45) is 0 Å². The first kappa shape index (κ1) is 12.4. The molecule has 0 amide bonds. The Morgan fingerprint density at radius 2 is 2.25 bits per heavy atom. The molecule has 0 atom stereocenters. The Bertz CT molecular complexity index is 362. The van der Waals surface area contributed by atoms with E-state index in [4.69, 9.17) is 5.11 Å². The Hall–Kier alpha value is -1.69. The minimum absolute atomic E-state index is 0.0366. The van der Waals surface area contributed by atoms with Gasteiger partial charge in [-0.05, 0) is 26.3 Å². The number of hydrogen-bond donors (Lipinski definition) is 2. The third-order valence-corrected chi connectivity index (χ3v) is 2.16. The number of nitrogens with zero attached hydrogens (tertiary/aromatic N) is 2. The van der Waals surface area contributed by atoms with Gasteiger partial charge < -0.3 is 10.4 Å². The molecule has 0 bridgehead atoms. The van der Waals surface area contributed by atoms with Gasteiger partial charge in [-0.1, -0.05) is 0 Å². The van der Waals surface area contributed by atoms with Gasteiger partial charge in [0.15, 0.2) is 0 Å². The van der Waals surface area contributed by atoms with Crippen LogP contribution in [0.3, 0.4) is 0 Å². The molecule has 1 heterocycles. The van der Waals surface area contributed by atoms with Crippen LogP contribution in [0, 0.1) is 10.1 Å². The van der Waals surface area contributed by atoms with Crippen molar-refractivity contribution < 1.29 is 10.0 Å². The molecule has 2 N–H and O–H groups in total. The van der Waals surface area contributed by atoms with Gasteiger partial charge in [-0.15, -0.1) is 0 Å². The molecule has 6 nitrogen and oxygen atoms in total. The fourth-order valence-corrected chi connectivity index (χ4v) is 1.26. The summed E-state index contributed by atoms with van der Waals surface area (Å²) in [6.07, 6.45) is 1.78. The monoisotopic (exact) mass is 225 g/mol. The van der Waals surface area contributed by atoms with Crippen molar-refractivity contribution in [2.45, 2.75) is 25.8 Å². The molecule has 0 fully saturated rings. The van der Waals surface area contributed by atoms with Crippen LogP contribution in [0.25, 0.3) is 0 Å². The van der Waals surface area contributed by atoms with E-state index in [1.165, 1.54) is 12.3 Å².